The van der Waals surface area contributed by atoms with Gasteiger partial charge in [-0.2, -0.15) is 0 Å². The van der Waals surface area contributed by atoms with Gasteiger partial charge < -0.3 is 19.9 Å². The third-order valence-corrected chi connectivity index (χ3v) is 6.69. The molecule has 2 aliphatic rings. The number of anilines is 1. The third-order valence-electron chi connectivity index (χ3n) is 6.69. The van der Waals surface area contributed by atoms with Crippen molar-refractivity contribution in [2.24, 2.45) is 0 Å². The number of carbonyl (C=O) groups excluding carboxylic acids is 3. The lowest BCUT2D eigenvalue weighted by Gasteiger charge is -2.26. The van der Waals surface area contributed by atoms with Crippen molar-refractivity contribution in [2.45, 2.75) is 32.0 Å². The summed E-state index contributed by atoms with van der Waals surface area (Å²) in [6.45, 7) is 1.16. The van der Waals surface area contributed by atoms with E-state index in [0.29, 0.717) is 36.3 Å². The average Bonchev–Trinajstić information content (AvgIpc) is 3.38. The Labute approximate surface area is 204 Å². The second kappa shape index (κ2) is 9.62. The lowest BCUT2D eigenvalue weighted by Crippen LogP contribution is -2.44. The van der Waals surface area contributed by atoms with Crippen molar-refractivity contribution in [3.63, 3.8) is 0 Å². The smallest absolute Gasteiger partial charge is 0.256 e. The first-order chi connectivity index (χ1) is 17.1. The number of methoxy groups -OCH3 is 1. The summed E-state index contributed by atoms with van der Waals surface area (Å²) in [6.07, 6.45) is 1.46. The van der Waals surface area contributed by atoms with Crippen molar-refractivity contribution in [3.8, 4) is 5.75 Å². The van der Waals surface area contributed by atoms with Gasteiger partial charge in [-0.25, -0.2) is 0 Å². The van der Waals surface area contributed by atoms with E-state index in [1.807, 2.05) is 54.6 Å². The molecule has 7 nitrogen and oxygen atoms in total. The number of para-hydroxylation sites is 1. The topological polar surface area (TPSA) is 79.0 Å². The molecule has 0 bridgehead atoms. The van der Waals surface area contributed by atoms with E-state index in [1.54, 1.807) is 35.1 Å². The molecule has 1 saturated heterocycles. The van der Waals surface area contributed by atoms with Crippen LogP contribution in [0.2, 0.25) is 0 Å². The van der Waals surface area contributed by atoms with Gasteiger partial charge >= 0.3 is 0 Å². The molecule has 35 heavy (non-hydrogen) atoms. The lowest BCUT2D eigenvalue weighted by atomic mass is 10.0. The Morgan fingerprint density at radius 3 is 2.54 bits per heavy atom. The zero-order chi connectivity index (χ0) is 24.4. The Kier molecular flexibility index (Phi) is 6.23. The van der Waals surface area contributed by atoms with Crippen molar-refractivity contribution >= 4 is 23.4 Å². The van der Waals surface area contributed by atoms with Crippen LogP contribution in [0.25, 0.3) is 0 Å². The van der Waals surface area contributed by atoms with E-state index in [2.05, 4.69) is 5.32 Å². The number of hydrogen-bond acceptors (Lipinski definition) is 4. The van der Waals surface area contributed by atoms with Crippen LogP contribution < -0.4 is 15.0 Å². The standard InChI is InChI=1S/C28H27N3O4/c1-35-21-14-12-19(13-15-21)17-29-26(32)22-8-3-2-7-20(22)18-31-24-10-5-4-9-23(24)27(33)30-16-6-11-25(30)28(31)34/h2-5,7-10,12-15,25H,6,11,16-18H2,1H3,(H,29,32). The summed E-state index contributed by atoms with van der Waals surface area (Å²) in [5, 5.41) is 2.97. The first-order valence-electron chi connectivity index (χ1n) is 11.8. The van der Waals surface area contributed by atoms with Gasteiger partial charge in [-0.05, 0) is 54.3 Å². The summed E-state index contributed by atoms with van der Waals surface area (Å²) in [7, 11) is 1.61. The number of carbonyl (C=O) groups is 3. The fourth-order valence-electron chi connectivity index (χ4n) is 4.84. The molecule has 3 amide bonds. The number of nitrogens with zero attached hydrogens (tertiary/aromatic N) is 2. The maximum absolute atomic E-state index is 13.6. The van der Waals surface area contributed by atoms with Gasteiger partial charge in [0.2, 0.25) is 5.91 Å². The van der Waals surface area contributed by atoms with Gasteiger partial charge in [0.05, 0.1) is 24.9 Å². The van der Waals surface area contributed by atoms with E-state index >= 15 is 0 Å². The molecule has 178 valence electrons. The number of hydrogen-bond donors (Lipinski definition) is 1. The molecule has 2 aliphatic heterocycles. The van der Waals surface area contributed by atoms with Crippen LogP contribution in [0.5, 0.6) is 5.75 Å². The molecule has 0 saturated carbocycles. The molecule has 2 heterocycles. The molecule has 3 aromatic rings. The fraction of sp³-hybridized carbons (Fsp3) is 0.250. The number of nitrogens with one attached hydrogen (secondary N) is 1. The summed E-state index contributed by atoms with van der Waals surface area (Å²) < 4.78 is 5.18. The Morgan fingerprint density at radius 2 is 1.74 bits per heavy atom. The van der Waals surface area contributed by atoms with Crippen LogP contribution in [0.3, 0.4) is 0 Å². The van der Waals surface area contributed by atoms with Crippen LogP contribution in [0.4, 0.5) is 5.69 Å². The lowest BCUT2D eigenvalue weighted by molar-refractivity contribution is -0.122. The molecule has 1 N–H and O–H groups in total. The fourth-order valence-corrected chi connectivity index (χ4v) is 4.84. The van der Waals surface area contributed by atoms with E-state index in [4.69, 9.17) is 4.74 Å². The summed E-state index contributed by atoms with van der Waals surface area (Å²) >= 11 is 0. The molecule has 0 radical (unpaired) electrons. The Bertz CT molecular complexity index is 1270. The van der Waals surface area contributed by atoms with Crippen LogP contribution >= 0.6 is 0 Å². The van der Waals surface area contributed by atoms with Gasteiger partial charge in [0.25, 0.3) is 11.8 Å². The Balaban J connectivity index is 1.41. The molecular weight excluding hydrogens is 442 g/mol. The zero-order valence-corrected chi connectivity index (χ0v) is 19.6. The van der Waals surface area contributed by atoms with Crippen molar-refractivity contribution in [1.82, 2.24) is 10.2 Å². The molecule has 0 spiro atoms. The summed E-state index contributed by atoms with van der Waals surface area (Å²) in [5.74, 6) is 0.330. The predicted molar refractivity (Wildman–Crippen MR) is 132 cm³/mol. The molecule has 1 fully saturated rings. The second-order valence-corrected chi connectivity index (χ2v) is 8.79. The molecular formula is C28H27N3O4. The molecule has 1 unspecified atom stereocenters. The van der Waals surface area contributed by atoms with Crippen LogP contribution in [0.1, 0.15) is 44.7 Å². The van der Waals surface area contributed by atoms with Crippen molar-refractivity contribution in [1.29, 1.82) is 0 Å². The molecule has 7 heteroatoms. The number of amides is 3. The highest BCUT2D eigenvalue weighted by atomic mass is 16.5. The van der Waals surface area contributed by atoms with Crippen molar-refractivity contribution in [2.75, 3.05) is 18.6 Å². The number of rotatable bonds is 6. The van der Waals surface area contributed by atoms with Crippen LogP contribution in [0.15, 0.2) is 72.8 Å². The van der Waals surface area contributed by atoms with Gasteiger partial charge in [0, 0.05) is 18.7 Å². The van der Waals surface area contributed by atoms with Gasteiger partial charge in [-0.3, -0.25) is 14.4 Å². The van der Waals surface area contributed by atoms with Crippen molar-refractivity contribution in [3.05, 3.63) is 95.1 Å². The van der Waals surface area contributed by atoms with E-state index in [0.717, 1.165) is 23.3 Å². The minimum atomic E-state index is -0.467. The molecule has 0 aliphatic carbocycles. The van der Waals surface area contributed by atoms with Crippen molar-refractivity contribution < 1.29 is 19.1 Å². The monoisotopic (exact) mass is 469 g/mol. The summed E-state index contributed by atoms with van der Waals surface area (Å²) in [6, 6.07) is 21.6. The summed E-state index contributed by atoms with van der Waals surface area (Å²) in [4.78, 5) is 43.3. The van der Waals surface area contributed by atoms with Gasteiger partial charge in [-0.15, -0.1) is 0 Å². The van der Waals surface area contributed by atoms with Crippen LogP contribution in [-0.4, -0.2) is 42.3 Å². The van der Waals surface area contributed by atoms with Crippen LogP contribution in [-0.2, 0) is 17.9 Å². The highest BCUT2D eigenvalue weighted by Gasteiger charge is 2.42. The predicted octanol–water partition coefficient (Wildman–Crippen LogP) is 3.78. The first-order valence-corrected chi connectivity index (χ1v) is 11.8. The zero-order valence-electron chi connectivity index (χ0n) is 19.6. The minimum absolute atomic E-state index is 0.103. The number of ether oxygens (including phenoxy) is 1. The minimum Gasteiger partial charge on any atom is -0.497 e. The molecule has 0 aromatic heterocycles. The van der Waals surface area contributed by atoms with Crippen LogP contribution in [0, 0.1) is 0 Å². The normalized spacial score (nSPS) is 17.0. The van der Waals surface area contributed by atoms with Gasteiger partial charge in [-0.1, -0.05) is 42.5 Å². The quantitative estimate of drug-likeness (QED) is 0.596. The number of fused-ring (bicyclic) bond motifs is 2. The number of benzene rings is 3. The van der Waals surface area contributed by atoms with E-state index < -0.39 is 6.04 Å². The molecule has 3 aromatic carbocycles. The van der Waals surface area contributed by atoms with E-state index in [9.17, 15) is 14.4 Å². The molecule has 1 atom stereocenters. The molecule has 5 rings (SSSR count). The summed E-state index contributed by atoms with van der Waals surface area (Å²) in [5.41, 5.74) is 3.29. The first kappa shape index (κ1) is 22.7. The van der Waals surface area contributed by atoms with Gasteiger partial charge in [0.15, 0.2) is 0 Å². The van der Waals surface area contributed by atoms with E-state index in [-0.39, 0.29) is 24.3 Å². The maximum Gasteiger partial charge on any atom is 0.256 e. The highest BCUT2D eigenvalue weighted by molar-refractivity contribution is 6.11. The largest absolute Gasteiger partial charge is 0.497 e. The third kappa shape index (κ3) is 4.37. The Morgan fingerprint density at radius 1 is 1.00 bits per heavy atom. The maximum atomic E-state index is 13.6. The highest BCUT2D eigenvalue weighted by Crippen LogP contribution is 2.33. The van der Waals surface area contributed by atoms with Gasteiger partial charge in [0.1, 0.15) is 11.8 Å². The average molecular weight is 470 g/mol. The van der Waals surface area contributed by atoms with E-state index in [1.165, 1.54) is 0 Å². The Hall–Kier alpha value is -4.13. The second-order valence-electron chi connectivity index (χ2n) is 8.79. The SMILES string of the molecule is COc1ccc(CNC(=O)c2ccccc2CN2C(=O)C3CCCN3C(=O)c3ccccc32)cc1.